The summed E-state index contributed by atoms with van der Waals surface area (Å²) >= 11 is 0. The standard InChI is InChI=1S/C17H18FN5O3/c1-25-9-14(10-3-5-11(18)6-4-10)20-17(24)21-15-7-13-12(8-19-15)16(26-2)23-22-13/h3-8,14H,9H2,1-2H3,(H,22,23)(H2,19,20,21,24)/t14-/m1/s1. The molecule has 2 heterocycles. The molecule has 3 N–H and O–H groups in total. The van der Waals surface area contributed by atoms with Crippen LogP contribution in [0.4, 0.5) is 15.0 Å². The van der Waals surface area contributed by atoms with Crippen LogP contribution < -0.4 is 15.4 Å². The lowest BCUT2D eigenvalue weighted by Gasteiger charge is -2.18. The molecule has 0 unspecified atom stereocenters. The summed E-state index contributed by atoms with van der Waals surface area (Å²) in [6.07, 6.45) is 1.56. The molecule has 0 spiro atoms. The first-order chi connectivity index (χ1) is 12.6. The number of urea groups is 1. The molecule has 1 aromatic carbocycles. The van der Waals surface area contributed by atoms with Crippen molar-refractivity contribution in [2.75, 3.05) is 26.1 Å². The van der Waals surface area contributed by atoms with Crippen molar-refractivity contribution in [2.45, 2.75) is 6.04 Å². The first-order valence-corrected chi connectivity index (χ1v) is 7.80. The number of amides is 2. The first-order valence-electron chi connectivity index (χ1n) is 7.80. The summed E-state index contributed by atoms with van der Waals surface area (Å²) in [5.74, 6) is 0.429. The Labute approximate surface area is 148 Å². The van der Waals surface area contributed by atoms with E-state index in [1.54, 1.807) is 24.4 Å². The van der Waals surface area contributed by atoms with Gasteiger partial charge in [-0.05, 0) is 17.7 Å². The normalized spacial score (nSPS) is 12.0. The second kappa shape index (κ2) is 7.79. The van der Waals surface area contributed by atoms with E-state index in [1.807, 2.05) is 0 Å². The van der Waals surface area contributed by atoms with Gasteiger partial charge in [0.05, 0.1) is 30.7 Å². The molecule has 9 heteroatoms. The molecule has 2 amide bonds. The van der Waals surface area contributed by atoms with Crippen LogP contribution in [0, 0.1) is 5.82 Å². The SMILES string of the molecule is COC[C@@H](NC(=O)Nc1cc2[nH]nc(OC)c2cn1)c1ccc(F)cc1. The molecule has 0 aliphatic rings. The van der Waals surface area contributed by atoms with Crippen molar-refractivity contribution < 1.29 is 18.7 Å². The Morgan fingerprint density at radius 2 is 2.08 bits per heavy atom. The molecule has 0 saturated carbocycles. The van der Waals surface area contributed by atoms with E-state index in [-0.39, 0.29) is 12.4 Å². The molecule has 26 heavy (non-hydrogen) atoms. The molecule has 1 atom stereocenters. The van der Waals surface area contributed by atoms with Crippen LogP contribution in [0.1, 0.15) is 11.6 Å². The van der Waals surface area contributed by atoms with Crippen molar-refractivity contribution in [1.82, 2.24) is 20.5 Å². The van der Waals surface area contributed by atoms with Gasteiger partial charge in [-0.3, -0.25) is 10.4 Å². The molecular formula is C17H18FN5O3. The molecule has 0 fully saturated rings. The van der Waals surface area contributed by atoms with Gasteiger partial charge in [0.2, 0.25) is 5.88 Å². The predicted octanol–water partition coefficient (Wildman–Crippen LogP) is 2.61. The minimum Gasteiger partial charge on any atom is -0.479 e. The number of carbonyl (C=O) groups excluding carboxylic acids is 1. The number of pyridine rings is 1. The van der Waals surface area contributed by atoms with Gasteiger partial charge in [0.1, 0.15) is 11.6 Å². The summed E-state index contributed by atoms with van der Waals surface area (Å²) in [5, 5.41) is 12.9. The Morgan fingerprint density at radius 1 is 1.31 bits per heavy atom. The molecule has 0 aliphatic heterocycles. The van der Waals surface area contributed by atoms with Crippen molar-refractivity contribution in [3.63, 3.8) is 0 Å². The maximum Gasteiger partial charge on any atom is 0.320 e. The molecule has 0 radical (unpaired) electrons. The molecule has 2 aromatic heterocycles. The third-order valence-electron chi connectivity index (χ3n) is 3.76. The van der Waals surface area contributed by atoms with Crippen LogP contribution in [0.2, 0.25) is 0 Å². The fourth-order valence-corrected chi connectivity index (χ4v) is 2.51. The van der Waals surface area contributed by atoms with E-state index >= 15 is 0 Å². The largest absolute Gasteiger partial charge is 0.479 e. The number of methoxy groups -OCH3 is 2. The summed E-state index contributed by atoms with van der Waals surface area (Å²) < 4.78 is 23.3. The van der Waals surface area contributed by atoms with Crippen molar-refractivity contribution in [3.8, 4) is 5.88 Å². The number of fused-ring (bicyclic) bond motifs is 1. The van der Waals surface area contributed by atoms with Crippen LogP contribution >= 0.6 is 0 Å². The lowest BCUT2D eigenvalue weighted by atomic mass is 10.1. The number of halogens is 1. The van der Waals surface area contributed by atoms with Crippen LogP contribution in [0.3, 0.4) is 0 Å². The van der Waals surface area contributed by atoms with Crippen LogP contribution in [0.25, 0.3) is 10.9 Å². The highest BCUT2D eigenvalue weighted by Crippen LogP contribution is 2.23. The van der Waals surface area contributed by atoms with Crippen LogP contribution in [-0.4, -0.2) is 42.0 Å². The fourth-order valence-electron chi connectivity index (χ4n) is 2.51. The Balaban J connectivity index is 1.70. The molecular weight excluding hydrogens is 341 g/mol. The second-order valence-electron chi connectivity index (χ2n) is 5.51. The molecule has 0 saturated heterocycles. The number of nitrogens with zero attached hydrogens (tertiary/aromatic N) is 2. The zero-order chi connectivity index (χ0) is 18.5. The van der Waals surface area contributed by atoms with Gasteiger partial charge in [-0.15, -0.1) is 5.10 Å². The van der Waals surface area contributed by atoms with Gasteiger partial charge in [-0.1, -0.05) is 12.1 Å². The van der Waals surface area contributed by atoms with Crippen LogP contribution in [0.5, 0.6) is 5.88 Å². The van der Waals surface area contributed by atoms with Crippen molar-refractivity contribution in [2.24, 2.45) is 0 Å². The summed E-state index contributed by atoms with van der Waals surface area (Å²) in [6, 6.07) is 6.61. The number of rotatable bonds is 6. The number of aromatic nitrogens is 3. The van der Waals surface area contributed by atoms with E-state index in [0.29, 0.717) is 22.6 Å². The minimum absolute atomic E-state index is 0.239. The monoisotopic (exact) mass is 359 g/mol. The zero-order valence-electron chi connectivity index (χ0n) is 14.2. The maximum atomic E-state index is 13.1. The lowest BCUT2D eigenvalue weighted by molar-refractivity contribution is 0.168. The number of anilines is 1. The molecule has 8 nitrogen and oxygen atoms in total. The second-order valence-corrected chi connectivity index (χ2v) is 5.51. The number of hydrogen-bond donors (Lipinski definition) is 3. The van der Waals surface area contributed by atoms with E-state index in [4.69, 9.17) is 9.47 Å². The Kier molecular flexibility index (Phi) is 5.28. The predicted molar refractivity (Wildman–Crippen MR) is 93.6 cm³/mol. The zero-order valence-corrected chi connectivity index (χ0v) is 14.2. The van der Waals surface area contributed by atoms with Gasteiger partial charge in [-0.25, -0.2) is 14.2 Å². The van der Waals surface area contributed by atoms with Gasteiger partial charge in [0.15, 0.2) is 0 Å². The summed E-state index contributed by atoms with van der Waals surface area (Å²) in [4.78, 5) is 16.5. The third kappa shape index (κ3) is 3.89. The number of aromatic amines is 1. The number of H-pyrrole nitrogens is 1. The van der Waals surface area contributed by atoms with E-state index < -0.39 is 12.1 Å². The molecule has 0 aliphatic carbocycles. The average molecular weight is 359 g/mol. The number of ether oxygens (including phenoxy) is 2. The van der Waals surface area contributed by atoms with Gasteiger partial charge in [0, 0.05) is 19.4 Å². The summed E-state index contributed by atoms with van der Waals surface area (Å²) in [7, 11) is 3.04. The lowest BCUT2D eigenvalue weighted by Crippen LogP contribution is -2.35. The smallest absolute Gasteiger partial charge is 0.320 e. The van der Waals surface area contributed by atoms with E-state index in [2.05, 4.69) is 25.8 Å². The highest BCUT2D eigenvalue weighted by molar-refractivity contribution is 5.92. The molecule has 0 bridgehead atoms. The topological polar surface area (TPSA) is 101 Å². The van der Waals surface area contributed by atoms with Crippen molar-refractivity contribution in [1.29, 1.82) is 0 Å². The van der Waals surface area contributed by atoms with E-state index in [1.165, 1.54) is 26.4 Å². The summed E-state index contributed by atoms with van der Waals surface area (Å²) in [5.41, 5.74) is 1.41. The van der Waals surface area contributed by atoms with E-state index in [9.17, 15) is 9.18 Å². The third-order valence-corrected chi connectivity index (χ3v) is 3.76. The molecule has 3 rings (SSSR count). The highest BCUT2D eigenvalue weighted by Gasteiger charge is 2.16. The van der Waals surface area contributed by atoms with E-state index in [0.717, 1.165) is 5.56 Å². The minimum atomic E-state index is -0.463. The quantitative estimate of drug-likeness (QED) is 0.628. The molecule has 3 aromatic rings. The van der Waals surface area contributed by atoms with Crippen LogP contribution in [-0.2, 0) is 4.74 Å². The average Bonchev–Trinajstić information content (AvgIpc) is 3.04. The fraction of sp³-hybridized carbons (Fsp3) is 0.235. The highest BCUT2D eigenvalue weighted by atomic mass is 19.1. The first kappa shape index (κ1) is 17.6. The Morgan fingerprint density at radius 3 is 2.77 bits per heavy atom. The number of hydrogen-bond acceptors (Lipinski definition) is 5. The Bertz CT molecular complexity index is 897. The number of benzene rings is 1. The van der Waals surface area contributed by atoms with Crippen molar-refractivity contribution in [3.05, 3.63) is 47.9 Å². The van der Waals surface area contributed by atoms with Gasteiger partial charge in [-0.2, -0.15) is 0 Å². The summed E-state index contributed by atoms with van der Waals surface area (Å²) in [6.45, 7) is 0.239. The number of nitrogens with one attached hydrogen (secondary N) is 3. The van der Waals surface area contributed by atoms with Gasteiger partial charge >= 0.3 is 6.03 Å². The van der Waals surface area contributed by atoms with Gasteiger partial charge in [0.25, 0.3) is 0 Å². The maximum absolute atomic E-state index is 13.1. The Hall–Kier alpha value is -3.20. The number of carbonyl (C=O) groups is 1. The molecule has 136 valence electrons. The van der Waals surface area contributed by atoms with Crippen LogP contribution in [0.15, 0.2) is 36.5 Å². The van der Waals surface area contributed by atoms with Crippen molar-refractivity contribution >= 4 is 22.8 Å². The van der Waals surface area contributed by atoms with Gasteiger partial charge < -0.3 is 14.8 Å².